The number of benzene rings is 1. The molecule has 1 saturated heterocycles. The van der Waals surface area contributed by atoms with Crippen LogP contribution in [-0.4, -0.2) is 50.2 Å². The third-order valence-electron chi connectivity index (χ3n) is 4.49. The minimum atomic E-state index is -4.33. The SMILES string of the molecule is O=C(OCCCN1CCN(c2cccc(C(F)(F)F)c2)CC1)c1ccco1. The summed E-state index contributed by atoms with van der Waals surface area (Å²) in [7, 11) is 0. The molecule has 0 aliphatic carbocycles. The van der Waals surface area contributed by atoms with Gasteiger partial charge in [-0.3, -0.25) is 4.90 Å². The highest BCUT2D eigenvalue weighted by Gasteiger charge is 2.31. The van der Waals surface area contributed by atoms with Gasteiger partial charge in [-0.25, -0.2) is 4.79 Å². The van der Waals surface area contributed by atoms with E-state index in [1.54, 1.807) is 18.2 Å². The van der Waals surface area contributed by atoms with Gasteiger partial charge in [0.25, 0.3) is 0 Å². The van der Waals surface area contributed by atoms with Gasteiger partial charge >= 0.3 is 12.1 Å². The Balaban J connectivity index is 1.40. The average Bonchev–Trinajstić information content (AvgIpc) is 3.20. The van der Waals surface area contributed by atoms with Crippen LogP contribution in [0.15, 0.2) is 47.1 Å². The molecule has 2 heterocycles. The molecule has 2 aromatic rings. The lowest BCUT2D eigenvalue weighted by atomic mass is 10.1. The molecule has 1 aliphatic heterocycles. The Hall–Kier alpha value is -2.48. The molecule has 1 aliphatic rings. The fourth-order valence-electron chi connectivity index (χ4n) is 3.03. The number of nitrogens with zero attached hydrogens (tertiary/aromatic N) is 2. The molecule has 0 unspecified atom stereocenters. The first-order valence-electron chi connectivity index (χ1n) is 8.79. The number of carbonyl (C=O) groups is 1. The van der Waals surface area contributed by atoms with Gasteiger partial charge in [0, 0.05) is 38.4 Å². The number of halogens is 3. The molecule has 8 heteroatoms. The summed E-state index contributed by atoms with van der Waals surface area (Å²) in [5, 5.41) is 0. The first-order chi connectivity index (χ1) is 12.9. The monoisotopic (exact) mass is 382 g/mol. The zero-order valence-corrected chi connectivity index (χ0v) is 14.7. The Morgan fingerprint density at radius 1 is 1.11 bits per heavy atom. The van der Waals surface area contributed by atoms with E-state index in [0.29, 0.717) is 31.8 Å². The topological polar surface area (TPSA) is 45.9 Å². The molecular weight excluding hydrogens is 361 g/mol. The lowest BCUT2D eigenvalue weighted by Crippen LogP contribution is -2.46. The third kappa shape index (κ3) is 5.26. The van der Waals surface area contributed by atoms with Gasteiger partial charge in [-0.15, -0.1) is 0 Å². The number of carbonyl (C=O) groups excluding carboxylic acids is 1. The third-order valence-corrected chi connectivity index (χ3v) is 4.49. The second-order valence-corrected chi connectivity index (χ2v) is 6.34. The van der Waals surface area contributed by atoms with Crippen molar-refractivity contribution in [1.82, 2.24) is 4.90 Å². The van der Waals surface area contributed by atoms with Crippen LogP contribution in [0.3, 0.4) is 0 Å². The van der Waals surface area contributed by atoms with Crippen molar-refractivity contribution < 1.29 is 27.1 Å². The molecule has 0 saturated carbocycles. The number of anilines is 1. The van der Waals surface area contributed by atoms with E-state index in [1.807, 2.05) is 4.90 Å². The Morgan fingerprint density at radius 2 is 1.89 bits per heavy atom. The largest absolute Gasteiger partial charge is 0.460 e. The molecule has 146 valence electrons. The summed E-state index contributed by atoms with van der Waals surface area (Å²) in [6, 6.07) is 8.61. The van der Waals surface area contributed by atoms with Crippen LogP contribution in [0.5, 0.6) is 0 Å². The molecule has 0 spiro atoms. The maximum absolute atomic E-state index is 12.8. The van der Waals surface area contributed by atoms with E-state index >= 15 is 0 Å². The van der Waals surface area contributed by atoms with Crippen molar-refractivity contribution in [3.05, 3.63) is 54.0 Å². The van der Waals surface area contributed by atoms with Crippen LogP contribution in [-0.2, 0) is 10.9 Å². The van der Waals surface area contributed by atoms with Crippen LogP contribution in [0.4, 0.5) is 18.9 Å². The summed E-state index contributed by atoms with van der Waals surface area (Å²) in [5.74, 6) is -0.293. The van der Waals surface area contributed by atoms with E-state index in [2.05, 4.69) is 4.90 Å². The normalized spacial score (nSPS) is 15.7. The highest BCUT2D eigenvalue weighted by molar-refractivity contribution is 5.86. The molecule has 5 nitrogen and oxygen atoms in total. The second kappa shape index (κ2) is 8.47. The highest BCUT2D eigenvalue weighted by atomic mass is 19.4. The van der Waals surface area contributed by atoms with E-state index in [0.717, 1.165) is 25.7 Å². The van der Waals surface area contributed by atoms with E-state index in [4.69, 9.17) is 9.15 Å². The first kappa shape index (κ1) is 19.3. The quantitative estimate of drug-likeness (QED) is 0.564. The summed E-state index contributed by atoms with van der Waals surface area (Å²) < 4.78 is 48.6. The van der Waals surface area contributed by atoms with Crippen LogP contribution in [0.1, 0.15) is 22.5 Å². The predicted molar refractivity (Wildman–Crippen MR) is 93.7 cm³/mol. The van der Waals surface area contributed by atoms with E-state index in [1.165, 1.54) is 18.4 Å². The second-order valence-electron chi connectivity index (χ2n) is 6.34. The average molecular weight is 382 g/mol. The van der Waals surface area contributed by atoms with Crippen molar-refractivity contribution in [1.29, 1.82) is 0 Å². The van der Waals surface area contributed by atoms with Gasteiger partial charge in [0.2, 0.25) is 5.76 Å². The van der Waals surface area contributed by atoms with Crippen molar-refractivity contribution in [3.63, 3.8) is 0 Å². The van der Waals surface area contributed by atoms with Crippen LogP contribution < -0.4 is 4.90 Å². The van der Waals surface area contributed by atoms with Gasteiger partial charge in [-0.2, -0.15) is 13.2 Å². The van der Waals surface area contributed by atoms with Gasteiger partial charge in [0.05, 0.1) is 18.4 Å². The van der Waals surface area contributed by atoms with Gasteiger partial charge in [0.1, 0.15) is 0 Å². The molecule has 0 radical (unpaired) electrons. The maximum atomic E-state index is 12.8. The Bertz CT molecular complexity index is 739. The Labute approximate surface area is 155 Å². The molecule has 0 amide bonds. The van der Waals surface area contributed by atoms with Gasteiger partial charge in [-0.05, 0) is 36.8 Å². The highest BCUT2D eigenvalue weighted by Crippen LogP contribution is 2.31. The fourth-order valence-corrected chi connectivity index (χ4v) is 3.03. The van der Waals surface area contributed by atoms with E-state index in [9.17, 15) is 18.0 Å². The van der Waals surface area contributed by atoms with Crippen molar-refractivity contribution in [2.75, 3.05) is 44.2 Å². The molecule has 0 atom stereocenters. The Morgan fingerprint density at radius 3 is 2.56 bits per heavy atom. The number of piperazine rings is 1. The zero-order valence-electron chi connectivity index (χ0n) is 14.7. The number of alkyl halides is 3. The number of furan rings is 1. The number of rotatable bonds is 6. The standard InChI is InChI=1S/C19H21F3N2O3/c20-19(21,22)15-4-1-5-16(14-15)24-10-8-23(9-11-24)7-3-13-27-18(25)17-6-2-12-26-17/h1-2,4-6,12,14H,3,7-11,13H2. The van der Waals surface area contributed by atoms with Crippen molar-refractivity contribution in [3.8, 4) is 0 Å². The van der Waals surface area contributed by atoms with Gasteiger partial charge < -0.3 is 14.1 Å². The van der Waals surface area contributed by atoms with Crippen molar-refractivity contribution in [2.45, 2.75) is 12.6 Å². The predicted octanol–water partition coefficient (Wildman–Crippen LogP) is 3.67. The summed E-state index contributed by atoms with van der Waals surface area (Å²) in [6.45, 7) is 3.89. The number of hydrogen-bond acceptors (Lipinski definition) is 5. The molecule has 3 rings (SSSR count). The lowest BCUT2D eigenvalue weighted by molar-refractivity contribution is -0.137. The minimum Gasteiger partial charge on any atom is -0.460 e. The molecular formula is C19H21F3N2O3. The summed E-state index contributed by atoms with van der Waals surface area (Å²) in [5.41, 5.74) is -0.0299. The van der Waals surface area contributed by atoms with Crippen LogP contribution >= 0.6 is 0 Å². The Kier molecular flexibility index (Phi) is 6.05. The molecule has 1 aromatic heterocycles. The summed E-state index contributed by atoms with van der Waals surface area (Å²) in [4.78, 5) is 15.8. The fraction of sp³-hybridized carbons (Fsp3) is 0.421. The molecule has 1 aromatic carbocycles. The number of ether oxygens (including phenoxy) is 1. The smallest absolute Gasteiger partial charge is 0.416 e. The van der Waals surface area contributed by atoms with E-state index in [-0.39, 0.29) is 5.76 Å². The van der Waals surface area contributed by atoms with E-state index < -0.39 is 17.7 Å². The first-order valence-corrected chi connectivity index (χ1v) is 8.79. The molecule has 1 fully saturated rings. The maximum Gasteiger partial charge on any atom is 0.416 e. The zero-order chi connectivity index (χ0) is 19.3. The minimum absolute atomic E-state index is 0.185. The molecule has 0 N–H and O–H groups in total. The molecule has 0 bridgehead atoms. The molecule has 27 heavy (non-hydrogen) atoms. The summed E-state index contributed by atoms with van der Waals surface area (Å²) in [6.07, 6.45) is -2.22. The van der Waals surface area contributed by atoms with Crippen molar-refractivity contribution >= 4 is 11.7 Å². The van der Waals surface area contributed by atoms with Gasteiger partial charge in [0.15, 0.2) is 0 Å². The van der Waals surface area contributed by atoms with Crippen LogP contribution in [0.25, 0.3) is 0 Å². The van der Waals surface area contributed by atoms with Crippen LogP contribution in [0.2, 0.25) is 0 Å². The van der Waals surface area contributed by atoms with Crippen molar-refractivity contribution in [2.24, 2.45) is 0 Å². The number of hydrogen-bond donors (Lipinski definition) is 0. The summed E-state index contributed by atoms with van der Waals surface area (Å²) >= 11 is 0. The van der Waals surface area contributed by atoms with Crippen LogP contribution in [0, 0.1) is 0 Å². The lowest BCUT2D eigenvalue weighted by Gasteiger charge is -2.36. The number of esters is 1. The van der Waals surface area contributed by atoms with Gasteiger partial charge in [-0.1, -0.05) is 6.07 Å².